The standard InChI is InChI=1S/C26H22Cl4N2O2/c1-26(11-4-12-32(26)15-16-7-9-21(29)22(30)13-16)25(34)31-23-10-8-17(27)14-19(23)24(33)18-5-2-3-6-20(18)28/h2-3,5-10,13-14H,4,11-12,15H2,1H3,(H,31,34)/t26-/m1/s1. The molecule has 0 spiro atoms. The van der Waals surface area contributed by atoms with Gasteiger partial charge in [0.2, 0.25) is 5.91 Å². The van der Waals surface area contributed by atoms with Crippen LogP contribution in [0, 0.1) is 0 Å². The fourth-order valence-corrected chi connectivity index (χ4v) is 4.96. The van der Waals surface area contributed by atoms with Crippen LogP contribution in [-0.2, 0) is 11.3 Å². The first-order valence-electron chi connectivity index (χ1n) is 10.8. The molecule has 176 valence electrons. The van der Waals surface area contributed by atoms with E-state index in [0.29, 0.717) is 44.3 Å². The molecule has 4 rings (SSSR count). The number of hydrogen-bond acceptors (Lipinski definition) is 3. The average molecular weight is 536 g/mol. The van der Waals surface area contributed by atoms with Gasteiger partial charge in [-0.25, -0.2) is 0 Å². The lowest BCUT2D eigenvalue weighted by Gasteiger charge is -2.34. The van der Waals surface area contributed by atoms with Gasteiger partial charge in [0.1, 0.15) is 0 Å². The summed E-state index contributed by atoms with van der Waals surface area (Å²) in [6.07, 6.45) is 1.55. The molecule has 8 heteroatoms. The van der Waals surface area contributed by atoms with Crippen LogP contribution in [0.1, 0.15) is 41.3 Å². The molecule has 0 radical (unpaired) electrons. The maximum Gasteiger partial charge on any atom is 0.244 e. The third-order valence-corrected chi connectivity index (χ3v) is 7.53. The van der Waals surface area contributed by atoms with Crippen molar-refractivity contribution in [1.29, 1.82) is 0 Å². The molecule has 1 aliphatic heterocycles. The van der Waals surface area contributed by atoms with Crippen LogP contribution in [0.15, 0.2) is 60.7 Å². The number of nitrogens with one attached hydrogen (secondary N) is 1. The van der Waals surface area contributed by atoms with Crippen molar-refractivity contribution in [3.63, 3.8) is 0 Å². The van der Waals surface area contributed by atoms with Gasteiger partial charge in [0.05, 0.1) is 26.3 Å². The minimum Gasteiger partial charge on any atom is -0.324 e. The van der Waals surface area contributed by atoms with Crippen molar-refractivity contribution in [3.05, 3.63) is 97.4 Å². The lowest BCUT2D eigenvalue weighted by atomic mass is 9.96. The van der Waals surface area contributed by atoms with Gasteiger partial charge >= 0.3 is 0 Å². The molecular weight excluding hydrogens is 514 g/mol. The number of hydrogen-bond donors (Lipinski definition) is 1. The molecule has 0 aliphatic carbocycles. The van der Waals surface area contributed by atoms with E-state index in [-0.39, 0.29) is 17.3 Å². The second-order valence-corrected chi connectivity index (χ2v) is 10.2. The van der Waals surface area contributed by atoms with Crippen LogP contribution in [0.2, 0.25) is 20.1 Å². The largest absolute Gasteiger partial charge is 0.324 e. The van der Waals surface area contributed by atoms with Gasteiger partial charge in [-0.15, -0.1) is 0 Å². The monoisotopic (exact) mass is 534 g/mol. The van der Waals surface area contributed by atoms with E-state index in [2.05, 4.69) is 10.2 Å². The van der Waals surface area contributed by atoms with Crippen LogP contribution in [0.25, 0.3) is 0 Å². The summed E-state index contributed by atoms with van der Waals surface area (Å²) in [6.45, 7) is 3.22. The summed E-state index contributed by atoms with van der Waals surface area (Å²) in [5, 5.41) is 4.67. The molecule has 1 aliphatic rings. The quantitative estimate of drug-likeness (QED) is 0.332. The molecule has 0 bridgehead atoms. The van der Waals surface area contributed by atoms with E-state index in [0.717, 1.165) is 18.5 Å². The molecule has 1 amide bonds. The van der Waals surface area contributed by atoms with Gasteiger partial charge < -0.3 is 5.32 Å². The van der Waals surface area contributed by atoms with Gasteiger partial charge in [-0.2, -0.15) is 0 Å². The minimum atomic E-state index is -0.767. The summed E-state index contributed by atoms with van der Waals surface area (Å²) >= 11 is 24.7. The van der Waals surface area contributed by atoms with Crippen molar-refractivity contribution >= 4 is 63.8 Å². The molecule has 34 heavy (non-hydrogen) atoms. The van der Waals surface area contributed by atoms with Gasteiger partial charge in [-0.05, 0) is 74.3 Å². The molecule has 0 aromatic heterocycles. The Morgan fingerprint density at radius 3 is 2.41 bits per heavy atom. The van der Waals surface area contributed by atoms with E-state index in [1.807, 2.05) is 19.1 Å². The number of anilines is 1. The number of likely N-dealkylation sites (tertiary alicyclic amines) is 1. The van der Waals surface area contributed by atoms with Crippen molar-refractivity contribution in [2.45, 2.75) is 31.8 Å². The molecule has 3 aromatic carbocycles. The van der Waals surface area contributed by atoms with Crippen LogP contribution >= 0.6 is 46.4 Å². The van der Waals surface area contributed by atoms with Gasteiger partial charge in [-0.1, -0.05) is 64.6 Å². The minimum absolute atomic E-state index is 0.194. The highest BCUT2D eigenvalue weighted by Gasteiger charge is 2.43. The lowest BCUT2D eigenvalue weighted by molar-refractivity contribution is -0.125. The van der Waals surface area contributed by atoms with E-state index in [1.165, 1.54) is 0 Å². The Bertz CT molecular complexity index is 1260. The van der Waals surface area contributed by atoms with Gasteiger partial charge in [-0.3, -0.25) is 14.5 Å². The summed E-state index contributed by atoms with van der Waals surface area (Å²) in [4.78, 5) is 28.9. The van der Waals surface area contributed by atoms with Crippen LogP contribution in [-0.4, -0.2) is 28.7 Å². The number of carbonyl (C=O) groups is 2. The average Bonchev–Trinajstić information content (AvgIpc) is 3.18. The number of benzene rings is 3. The van der Waals surface area contributed by atoms with Crippen molar-refractivity contribution in [3.8, 4) is 0 Å². The Balaban J connectivity index is 1.60. The third-order valence-electron chi connectivity index (χ3n) is 6.23. The molecule has 0 unspecified atom stereocenters. The number of amides is 1. The van der Waals surface area contributed by atoms with E-state index >= 15 is 0 Å². The third kappa shape index (κ3) is 5.12. The number of ketones is 1. The Morgan fingerprint density at radius 1 is 0.912 bits per heavy atom. The summed E-state index contributed by atoms with van der Waals surface area (Å²) in [5.41, 5.74) is 1.22. The second-order valence-electron chi connectivity index (χ2n) is 8.50. The number of carbonyl (C=O) groups excluding carboxylic acids is 2. The first kappa shape index (κ1) is 25.0. The molecule has 4 nitrogen and oxygen atoms in total. The number of rotatable bonds is 6. The van der Waals surface area contributed by atoms with Crippen LogP contribution in [0.3, 0.4) is 0 Å². The molecule has 0 saturated carbocycles. The lowest BCUT2D eigenvalue weighted by Crippen LogP contribution is -2.50. The zero-order valence-electron chi connectivity index (χ0n) is 18.4. The summed E-state index contributed by atoms with van der Waals surface area (Å²) < 4.78 is 0. The van der Waals surface area contributed by atoms with Crippen molar-refractivity contribution < 1.29 is 9.59 Å². The van der Waals surface area contributed by atoms with Gasteiger partial charge in [0, 0.05) is 22.7 Å². The van der Waals surface area contributed by atoms with Gasteiger partial charge in [0.25, 0.3) is 0 Å². The molecule has 1 N–H and O–H groups in total. The highest BCUT2D eigenvalue weighted by molar-refractivity contribution is 6.42. The predicted octanol–water partition coefficient (Wildman–Crippen LogP) is 7.52. The first-order valence-corrected chi connectivity index (χ1v) is 12.3. The van der Waals surface area contributed by atoms with Crippen LogP contribution < -0.4 is 5.32 Å². The van der Waals surface area contributed by atoms with Crippen molar-refractivity contribution in [2.24, 2.45) is 0 Å². The van der Waals surface area contributed by atoms with Crippen molar-refractivity contribution in [2.75, 3.05) is 11.9 Å². The predicted molar refractivity (Wildman–Crippen MR) is 139 cm³/mol. The topological polar surface area (TPSA) is 49.4 Å². The maximum absolute atomic E-state index is 13.6. The molecule has 3 aromatic rings. The zero-order valence-corrected chi connectivity index (χ0v) is 21.4. The Hall–Kier alpha value is -2.08. The SMILES string of the molecule is C[C@]1(C(=O)Nc2ccc(Cl)cc2C(=O)c2ccccc2Cl)CCCN1Cc1ccc(Cl)c(Cl)c1. The number of halogens is 4. The van der Waals surface area contributed by atoms with E-state index in [1.54, 1.807) is 48.5 Å². The maximum atomic E-state index is 13.6. The second kappa shape index (κ2) is 10.3. The van der Waals surface area contributed by atoms with Crippen LogP contribution in [0.4, 0.5) is 5.69 Å². The molecular formula is C26H22Cl4N2O2. The van der Waals surface area contributed by atoms with Gasteiger partial charge in [0.15, 0.2) is 5.78 Å². The summed E-state index contributed by atoms with van der Waals surface area (Å²) in [6, 6.07) is 17.1. The highest BCUT2D eigenvalue weighted by Crippen LogP contribution is 2.34. The zero-order chi connectivity index (χ0) is 24.5. The van der Waals surface area contributed by atoms with E-state index < -0.39 is 5.54 Å². The van der Waals surface area contributed by atoms with E-state index in [4.69, 9.17) is 46.4 Å². The van der Waals surface area contributed by atoms with Crippen molar-refractivity contribution in [1.82, 2.24) is 4.90 Å². The van der Waals surface area contributed by atoms with Crippen LogP contribution in [0.5, 0.6) is 0 Å². The Labute approximate surface area is 218 Å². The Kier molecular flexibility index (Phi) is 7.56. The normalized spacial score (nSPS) is 18.1. The molecule has 1 atom stereocenters. The van der Waals surface area contributed by atoms with E-state index in [9.17, 15) is 9.59 Å². The molecule has 1 fully saturated rings. The summed E-state index contributed by atoms with van der Waals surface area (Å²) in [5.74, 6) is -0.506. The molecule has 1 heterocycles. The smallest absolute Gasteiger partial charge is 0.244 e. The first-order chi connectivity index (χ1) is 16.2. The molecule has 1 saturated heterocycles. The fourth-order valence-electron chi connectivity index (χ4n) is 4.25. The highest BCUT2D eigenvalue weighted by atomic mass is 35.5. The summed E-state index contributed by atoms with van der Waals surface area (Å²) in [7, 11) is 0. The number of nitrogens with zero attached hydrogens (tertiary/aromatic N) is 1. The fraction of sp³-hybridized carbons (Fsp3) is 0.231. The Morgan fingerprint density at radius 2 is 1.68 bits per heavy atom.